The Balaban J connectivity index is 1.41. The van der Waals surface area contributed by atoms with Gasteiger partial charge in [-0.1, -0.05) is 0 Å². The molecule has 3 aromatic rings. The van der Waals surface area contributed by atoms with Gasteiger partial charge in [-0.05, 0) is 54.6 Å². The molecule has 0 aliphatic carbocycles. The number of hydroxylamine groups is 1. The molecule has 0 bridgehead atoms. The van der Waals surface area contributed by atoms with Crippen molar-refractivity contribution in [3.63, 3.8) is 0 Å². The number of rotatable bonds is 5. The third-order valence-corrected chi connectivity index (χ3v) is 4.18. The lowest BCUT2D eigenvalue weighted by Gasteiger charge is -2.09. The van der Waals surface area contributed by atoms with Crippen LogP contribution in [0.2, 0.25) is 0 Å². The van der Waals surface area contributed by atoms with Gasteiger partial charge < -0.3 is 5.32 Å². The number of amides is 1. The number of nitrogens with zero attached hydrogens (tertiary/aromatic N) is 2. The minimum atomic E-state index is -0.771. The molecular weight excluding hydrogens is 356 g/mol. The number of pyridine rings is 2. The molecular formula is C21H16N4O3. The molecule has 7 heteroatoms. The van der Waals surface area contributed by atoms with E-state index in [4.69, 9.17) is 4.84 Å². The van der Waals surface area contributed by atoms with E-state index in [9.17, 15) is 9.59 Å². The smallest absolute Gasteiger partial charge is 0.260 e. The van der Waals surface area contributed by atoms with Gasteiger partial charge in [0.15, 0.2) is 11.9 Å². The summed E-state index contributed by atoms with van der Waals surface area (Å²) in [5.74, 6) is -0.448. The van der Waals surface area contributed by atoms with E-state index in [-0.39, 0.29) is 11.7 Å². The van der Waals surface area contributed by atoms with Gasteiger partial charge >= 0.3 is 0 Å². The molecule has 2 aromatic heterocycles. The van der Waals surface area contributed by atoms with Gasteiger partial charge in [-0.15, -0.1) is 0 Å². The number of carbonyl (C=O) groups excluding carboxylic acids is 2. The average Bonchev–Trinajstić information content (AvgIpc) is 3.26. The van der Waals surface area contributed by atoms with Crippen molar-refractivity contribution in [2.45, 2.75) is 6.10 Å². The van der Waals surface area contributed by atoms with Crippen molar-refractivity contribution in [1.82, 2.24) is 15.4 Å². The molecule has 0 fully saturated rings. The minimum absolute atomic E-state index is 0.127. The number of nitrogens with one attached hydrogen (secondary N) is 2. The summed E-state index contributed by atoms with van der Waals surface area (Å²) < 4.78 is 0. The van der Waals surface area contributed by atoms with Crippen molar-refractivity contribution in [2.75, 3.05) is 5.32 Å². The van der Waals surface area contributed by atoms with Crippen LogP contribution in [-0.4, -0.2) is 27.8 Å². The van der Waals surface area contributed by atoms with Crippen LogP contribution in [0.4, 0.5) is 5.69 Å². The van der Waals surface area contributed by atoms with E-state index >= 15 is 0 Å². The van der Waals surface area contributed by atoms with E-state index in [0.717, 1.165) is 5.56 Å². The molecule has 1 aliphatic rings. The van der Waals surface area contributed by atoms with Crippen LogP contribution in [0.25, 0.3) is 5.70 Å². The van der Waals surface area contributed by atoms with Crippen molar-refractivity contribution in [2.24, 2.45) is 0 Å². The fourth-order valence-electron chi connectivity index (χ4n) is 2.73. The second-order valence-corrected chi connectivity index (χ2v) is 6.10. The molecule has 0 radical (unpaired) electrons. The van der Waals surface area contributed by atoms with Crippen LogP contribution in [-0.2, 0) is 9.63 Å². The molecule has 1 atom stereocenters. The van der Waals surface area contributed by atoms with Crippen LogP contribution in [0.1, 0.15) is 21.5 Å². The third-order valence-electron chi connectivity index (χ3n) is 4.18. The Bertz CT molecular complexity index is 1020. The first-order chi connectivity index (χ1) is 13.7. The van der Waals surface area contributed by atoms with Crippen molar-refractivity contribution < 1.29 is 14.4 Å². The van der Waals surface area contributed by atoms with Crippen LogP contribution in [0.5, 0.6) is 0 Å². The van der Waals surface area contributed by atoms with Crippen molar-refractivity contribution in [1.29, 1.82) is 0 Å². The molecule has 0 spiro atoms. The van der Waals surface area contributed by atoms with Gasteiger partial charge in [-0.25, -0.2) is 0 Å². The SMILES string of the molecule is O=C(c1ccc(NC(=O)C2C=C(c3cccnc3)NO2)cc1)c1cccnc1. The standard InChI is InChI=1S/C21H16N4O3/c26-20(16-4-2-10-23-13-16)14-5-7-17(8-6-14)24-21(27)19-11-18(25-28-19)15-3-1-9-22-12-15/h1-13,19,25H,(H,24,27). The second kappa shape index (κ2) is 7.81. The molecule has 28 heavy (non-hydrogen) atoms. The number of hydrogen-bond donors (Lipinski definition) is 2. The highest BCUT2D eigenvalue weighted by atomic mass is 16.7. The number of ketones is 1. The molecule has 1 aromatic carbocycles. The molecule has 2 N–H and O–H groups in total. The third kappa shape index (κ3) is 3.79. The maximum Gasteiger partial charge on any atom is 0.260 e. The maximum absolute atomic E-state index is 12.4. The van der Waals surface area contributed by atoms with E-state index in [1.165, 1.54) is 6.20 Å². The highest BCUT2D eigenvalue weighted by Crippen LogP contribution is 2.19. The molecule has 3 heterocycles. The zero-order valence-corrected chi connectivity index (χ0v) is 14.7. The Morgan fingerprint density at radius 2 is 1.68 bits per heavy atom. The quantitative estimate of drug-likeness (QED) is 0.669. The topological polar surface area (TPSA) is 93.2 Å². The number of benzene rings is 1. The summed E-state index contributed by atoms with van der Waals surface area (Å²) in [6.45, 7) is 0. The van der Waals surface area contributed by atoms with E-state index < -0.39 is 6.10 Å². The van der Waals surface area contributed by atoms with Crippen LogP contribution < -0.4 is 10.8 Å². The zero-order chi connectivity index (χ0) is 19.3. The van der Waals surface area contributed by atoms with E-state index in [0.29, 0.717) is 22.5 Å². The first-order valence-corrected chi connectivity index (χ1v) is 8.60. The van der Waals surface area contributed by atoms with Gasteiger partial charge in [0.25, 0.3) is 5.91 Å². The molecule has 7 nitrogen and oxygen atoms in total. The molecule has 1 aliphatic heterocycles. The fourth-order valence-corrected chi connectivity index (χ4v) is 2.73. The number of carbonyl (C=O) groups is 2. The molecule has 1 amide bonds. The fraction of sp³-hybridized carbons (Fsp3) is 0.0476. The van der Waals surface area contributed by atoms with Crippen LogP contribution in [0, 0.1) is 0 Å². The van der Waals surface area contributed by atoms with Crippen LogP contribution in [0.3, 0.4) is 0 Å². The zero-order valence-electron chi connectivity index (χ0n) is 14.7. The summed E-state index contributed by atoms with van der Waals surface area (Å²) in [6.07, 6.45) is 7.41. The minimum Gasteiger partial charge on any atom is -0.323 e. The van der Waals surface area contributed by atoms with Gasteiger partial charge in [-0.3, -0.25) is 29.9 Å². The average molecular weight is 372 g/mol. The number of hydrogen-bond acceptors (Lipinski definition) is 6. The Kier molecular flexibility index (Phi) is 4.90. The van der Waals surface area contributed by atoms with E-state index in [1.807, 2.05) is 6.07 Å². The Morgan fingerprint density at radius 3 is 2.36 bits per heavy atom. The summed E-state index contributed by atoms with van der Waals surface area (Å²) in [6, 6.07) is 13.8. The summed E-state index contributed by atoms with van der Waals surface area (Å²) >= 11 is 0. The van der Waals surface area contributed by atoms with Crippen LogP contribution in [0.15, 0.2) is 79.4 Å². The van der Waals surface area contributed by atoms with Gasteiger partial charge in [0, 0.05) is 47.2 Å². The van der Waals surface area contributed by atoms with Crippen molar-refractivity contribution in [3.05, 3.63) is 96.1 Å². The largest absolute Gasteiger partial charge is 0.323 e. The lowest BCUT2D eigenvalue weighted by atomic mass is 10.0. The normalized spacial score (nSPS) is 15.4. The molecule has 4 rings (SSSR count). The summed E-state index contributed by atoms with van der Waals surface area (Å²) in [5.41, 5.74) is 5.86. The van der Waals surface area contributed by atoms with Gasteiger partial charge in [0.2, 0.25) is 0 Å². The van der Waals surface area contributed by atoms with Crippen molar-refractivity contribution in [3.8, 4) is 0 Å². The number of anilines is 1. The lowest BCUT2D eigenvalue weighted by Crippen LogP contribution is -2.28. The summed E-state index contributed by atoms with van der Waals surface area (Å²) in [7, 11) is 0. The predicted molar refractivity (Wildman–Crippen MR) is 103 cm³/mol. The highest BCUT2D eigenvalue weighted by Gasteiger charge is 2.24. The van der Waals surface area contributed by atoms with Crippen LogP contribution >= 0.6 is 0 Å². The van der Waals surface area contributed by atoms with E-state index in [1.54, 1.807) is 67.1 Å². The van der Waals surface area contributed by atoms with Gasteiger partial charge in [-0.2, -0.15) is 0 Å². The Morgan fingerprint density at radius 1 is 0.929 bits per heavy atom. The molecule has 0 saturated carbocycles. The van der Waals surface area contributed by atoms with Gasteiger partial charge in [0.05, 0.1) is 5.70 Å². The Labute approximate surface area is 161 Å². The van der Waals surface area contributed by atoms with Gasteiger partial charge in [0.1, 0.15) is 0 Å². The lowest BCUT2D eigenvalue weighted by molar-refractivity contribution is -0.125. The second-order valence-electron chi connectivity index (χ2n) is 6.10. The summed E-state index contributed by atoms with van der Waals surface area (Å²) in [4.78, 5) is 38.1. The molecule has 1 unspecified atom stereocenters. The predicted octanol–water partition coefficient (Wildman–Crippen LogP) is 2.59. The summed E-state index contributed by atoms with van der Waals surface area (Å²) in [5, 5.41) is 2.77. The monoisotopic (exact) mass is 372 g/mol. The molecule has 138 valence electrons. The Hall–Kier alpha value is -3.84. The first-order valence-electron chi connectivity index (χ1n) is 8.60. The highest BCUT2D eigenvalue weighted by molar-refractivity contribution is 6.09. The number of aromatic nitrogens is 2. The maximum atomic E-state index is 12.4. The van der Waals surface area contributed by atoms with E-state index in [2.05, 4.69) is 20.8 Å². The first kappa shape index (κ1) is 17.6. The van der Waals surface area contributed by atoms with Crippen molar-refractivity contribution >= 4 is 23.1 Å². The molecule has 0 saturated heterocycles.